The molecule has 1 amide bonds. The highest BCUT2D eigenvalue weighted by atomic mass is 79.9. The third kappa shape index (κ3) is 5.28. The number of amidine groups is 1. The van der Waals surface area contributed by atoms with Gasteiger partial charge in [-0.1, -0.05) is 57.9 Å². The van der Waals surface area contributed by atoms with Crippen molar-refractivity contribution >= 4 is 50.9 Å². The van der Waals surface area contributed by atoms with Gasteiger partial charge in [0.05, 0.1) is 5.02 Å². The molecular weight excluding hydrogens is 456 g/mol. The zero-order valence-electron chi connectivity index (χ0n) is 15.1. The number of rotatable bonds is 6. The number of nitrogens with one attached hydrogen (secondary N) is 2. The van der Waals surface area contributed by atoms with Crippen LogP contribution in [0.25, 0.3) is 0 Å². The van der Waals surface area contributed by atoms with Gasteiger partial charge in [0.1, 0.15) is 11.7 Å². The summed E-state index contributed by atoms with van der Waals surface area (Å²) in [6.45, 7) is 0. The van der Waals surface area contributed by atoms with Crippen molar-refractivity contribution < 1.29 is 9.59 Å². The molecule has 0 radical (unpaired) electrons. The van der Waals surface area contributed by atoms with Crippen LogP contribution in [-0.4, -0.2) is 22.5 Å². The molecule has 0 aliphatic rings. The monoisotopic (exact) mass is 470 g/mol. The maximum Gasteiger partial charge on any atom is 0.257 e. The Balaban J connectivity index is 1.82. The summed E-state index contributed by atoms with van der Waals surface area (Å²) in [5.41, 5.74) is 7.41. The van der Waals surface area contributed by atoms with Crippen LogP contribution in [0.4, 0.5) is 5.82 Å². The molecular formula is C21H16BrClN4O2. The van der Waals surface area contributed by atoms with Crippen molar-refractivity contribution in [3.05, 3.63) is 92.5 Å². The Labute approximate surface area is 180 Å². The predicted molar refractivity (Wildman–Crippen MR) is 117 cm³/mol. The van der Waals surface area contributed by atoms with Crippen LogP contribution in [0.2, 0.25) is 5.02 Å². The molecule has 2 aromatic carbocycles. The lowest BCUT2D eigenvalue weighted by Crippen LogP contribution is -2.17. The van der Waals surface area contributed by atoms with E-state index in [1.807, 2.05) is 0 Å². The topological polar surface area (TPSA) is 109 Å². The van der Waals surface area contributed by atoms with Crippen molar-refractivity contribution in [2.75, 3.05) is 5.32 Å². The van der Waals surface area contributed by atoms with Gasteiger partial charge < -0.3 is 11.1 Å². The number of ketones is 1. The van der Waals surface area contributed by atoms with Crippen LogP contribution in [0.5, 0.6) is 0 Å². The molecule has 0 fully saturated rings. The highest BCUT2D eigenvalue weighted by molar-refractivity contribution is 9.10. The minimum atomic E-state index is -0.379. The first-order valence-corrected chi connectivity index (χ1v) is 9.69. The van der Waals surface area contributed by atoms with Crippen molar-refractivity contribution in [1.82, 2.24) is 4.98 Å². The number of carbonyl (C=O) groups is 2. The van der Waals surface area contributed by atoms with E-state index >= 15 is 0 Å². The summed E-state index contributed by atoms with van der Waals surface area (Å²) in [6, 6.07) is 14.9. The van der Waals surface area contributed by atoms with Crippen LogP contribution < -0.4 is 11.1 Å². The van der Waals surface area contributed by atoms with Crippen LogP contribution in [0.3, 0.4) is 0 Å². The lowest BCUT2D eigenvalue weighted by atomic mass is 9.97. The molecule has 0 saturated carbocycles. The Kier molecular flexibility index (Phi) is 6.41. The minimum Gasteiger partial charge on any atom is -0.384 e. The number of nitrogens with two attached hydrogens (primary N) is 1. The van der Waals surface area contributed by atoms with Crippen molar-refractivity contribution in [3.63, 3.8) is 0 Å². The predicted octanol–water partition coefficient (Wildman–Crippen LogP) is 4.46. The van der Waals surface area contributed by atoms with Gasteiger partial charge in [-0.05, 0) is 29.8 Å². The first-order valence-electron chi connectivity index (χ1n) is 8.52. The molecule has 8 heteroatoms. The number of anilines is 1. The summed E-state index contributed by atoms with van der Waals surface area (Å²) in [6.07, 6.45) is 1.48. The maximum atomic E-state index is 12.8. The molecule has 0 aliphatic carbocycles. The Bertz CT molecular complexity index is 1080. The second-order valence-electron chi connectivity index (χ2n) is 6.21. The first kappa shape index (κ1) is 20.7. The van der Waals surface area contributed by atoms with Gasteiger partial charge >= 0.3 is 0 Å². The van der Waals surface area contributed by atoms with Crippen LogP contribution in [0, 0.1) is 5.41 Å². The quantitative estimate of drug-likeness (QED) is 0.280. The molecule has 6 nitrogen and oxygen atoms in total. The Morgan fingerprint density at radius 3 is 2.38 bits per heavy atom. The Morgan fingerprint density at radius 1 is 1.07 bits per heavy atom. The molecule has 29 heavy (non-hydrogen) atoms. The van der Waals surface area contributed by atoms with E-state index in [4.69, 9.17) is 22.7 Å². The molecule has 1 aromatic heterocycles. The van der Waals surface area contributed by atoms with Crippen LogP contribution in [0.1, 0.15) is 31.8 Å². The lowest BCUT2D eigenvalue weighted by molar-refractivity contribution is 0.0992. The summed E-state index contributed by atoms with van der Waals surface area (Å²) in [5.74, 6) is -0.236. The number of benzene rings is 2. The van der Waals surface area contributed by atoms with Crippen LogP contribution in [0.15, 0.2) is 65.3 Å². The average Bonchev–Trinajstić information content (AvgIpc) is 2.71. The number of aromatic nitrogens is 1. The van der Waals surface area contributed by atoms with E-state index in [2.05, 4.69) is 26.2 Å². The fourth-order valence-electron chi connectivity index (χ4n) is 2.66. The van der Waals surface area contributed by atoms with E-state index in [1.54, 1.807) is 54.6 Å². The molecule has 1 heterocycles. The van der Waals surface area contributed by atoms with Crippen molar-refractivity contribution in [3.8, 4) is 0 Å². The third-order valence-electron chi connectivity index (χ3n) is 4.15. The van der Waals surface area contributed by atoms with Gasteiger partial charge in [0, 0.05) is 33.8 Å². The number of hydrogen-bond acceptors (Lipinski definition) is 4. The van der Waals surface area contributed by atoms with E-state index in [9.17, 15) is 9.59 Å². The number of Topliss-reactive ketones (excluding diaryl/α,β-unsaturated/α-hetero) is 1. The fraction of sp³-hybridized carbons (Fsp3) is 0.0476. The SMILES string of the molecule is N=C(N)c1ccc(C(=O)Cc2ccc(Br)cc2C(=O)Nc2ccc(Cl)cn2)cc1. The zero-order valence-corrected chi connectivity index (χ0v) is 17.4. The molecule has 3 aromatic rings. The van der Waals surface area contributed by atoms with Gasteiger partial charge in [0.15, 0.2) is 5.78 Å². The van der Waals surface area contributed by atoms with Crippen LogP contribution in [-0.2, 0) is 6.42 Å². The molecule has 0 saturated heterocycles. The van der Waals surface area contributed by atoms with Crippen molar-refractivity contribution in [2.24, 2.45) is 5.73 Å². The Morgan fingerprint density at radius 2 is 1.76 bits per heavy atom. The van der Waals surface area contributed by atoms with E-state index in [0.29, 0.717) is 37.6 Å². The zero-order chi connectivity index (χ0) is 21.0. The highest BCUT2D eigenvalue weighted by Crippen LogP contribution is 2.20. The smallest absolute Gasteiger partial charge is 0.257 e. The Hall–Kier alpha value is -3.03. The van der Waals surface area contributed by atoms with E-state index < -0.39 is 0 Å². The summed E-state index contributed by atoms with van der Waals surface area (Å²) in [7, 11) is 0. The number of halogens is 2. The summed E-state index contributed by atoms with van der Waals surface area (Å²) < 4.78 is 0.716. The largest absolute Gasteiger partial charge is 0.384 e. The lowest BCUT2D eigenvalue weighted by Gasteiger charge is -2.11. The second kappa shape index (κ2) is 8.98. The maximum absolute atomic E-state index is 12.8. The van der Waals surface area contributed by atoms with E-state index in [1.165, 1.54) is 6.20 Å². The van der Waals surface area contributed by atoms with Gasteiger partial charge in [-0.25, -0.2) is 4.98 Å². The molecule has 0 unspecified atom stereocenters. The molecule has 0 bridgehead atoms. The molecule has 3 rings (SSSR count). The van der Waals surface area contributed by atoms with Crippen molar-refractivity contribution in [1.29, 1.82) is 5.41 Å². The minimum absolute atomic E-state index is 0.0451. The summed E-state index contributed by atoms with van der Waals surface area (Å²) in [5, 5.41) is 10.6. The molecule has 146 valence electrons. The highest BCUT2D eigenvalue weighted by Gasteiger charge is 2.16. The number of pyridine rings is 1. The second-order valence-corrected chi connectivity index (χ2v) is 7.56. The molecule has 0 spiro atoms. The number of carbonyl (C=O) groups excluding carboxylic acids is 2. The normalized spacial score (nSPS) is 10.4. The van der Waals surface area contributed by atoms with E-state index in [0.717, 1.165) is 0 Å². The van der Waals surface area contributed by atoms with Gasteiger partial charge in [-0.2, -0.15) is 0 Å². The van der Waals surface area contributed by atoms with Crippen LogP contribution >= 0.6 is 27.5 Å². The number of amides is 1. The average molecular weight is 472 g/mol. The standard InChI is InChI=1S/C21H16BrClN4O2/c22-15-6-5-14(9-18(28)12-1-3-13(4-2-12)20(24)25)17(10-15)21(29)27-19-8-7-16(23)11-26-19/h1-8,10-11H,9H2,(H3,24,25)(H,26,27,29). The number of nitrogen functional groups attached to an aromatic ring is 1. The molecule has 4 N–H and O–H groups in total. The van der Waals surface area contributed by atoms with Gasteiger partial charge in [0.2, 0.25) is 0 Å². The van der Waals surface area contributed by atoms with Crippen molar-refractivity contribution in [2.45, 2.75) is 6.42 Å². The first-order chi connectivity index (χ1) is 13.8. The van der Waals surface area contributed by atoms with Gasteiger partial charge in [0.25, 0.3) is 5.91 Å². The van der Waals surface area contributed by atoms with Gasteiger partial charge in [-0.3, -0.25) is 15.0 Å². The molecule has 0 aliphatic heterocycles. The summed E-state index contributed by atoms with van der Waals surface area (Å²) >= 11 is 9.18. The van der Waals surface area contributed by atoms with Gasteiger partial charge in [-0.15, -0.1) is 0 Å². The third-order valence-corrected chi connectivity index (χ3v) is 4.87. The van der Waals surface area contributed by atoms with E-state index in [-0.39, 0.29) is 23.9 Å². The number of hydrogen-bond donors (Lipinski definition) is 3. The fourth-order valence-corrected chi connectivity index (χ4v) is 3.13. The number of nitrogens with zero attached hydrogens (tertiary/aromatic N) is 1. The molecule has 0 atom stereocenters. The summed E-state index contributed by atoms with van der Waals surface area (Å²) in [4.78, 5) is 29.5.